The second kappa shape index (κ2) is 11.7. The van der Waals surface area contributed by atoms with Crippen LogP contribution in [0.5, 0.6) is 11.5 Å². The molecule has 0 unspecified atom stereocenters. The van der Waals surface area contributed by atoms with E-state index >= 15 is 0 Å². The van der Waals surface area contributed by atoms with Crippen LogP contribution < -0.4 is 4.74 Å². The molecule has 0 amide bonds. The molecule has 5 heteroatoms. The lowest BCUT2D eigenvalue weighted by molar-refractivity contribution is -0.385. The number of hydrogen-bond donors (Lipinski definition) is 1. The molecular weight excluding hydrogens is 294 g/mol. The Morgan fingerprint density at radius 3 is 2.09 bits per heavy atom. The van der Waals surface area contributed by atoms with Gasteiger partial charge in [-0.2, -0.15) is 0 Å². The van der Waals surface area contributed by atoms with Crippen molar-refractivity contribution in [3.8, 4) is 11.5 Å². The molecule has 0 heterocycles. The van der Waals surface area contributed by atoms with Gasteiger partial charge in [-0.3, -0.25) is 10.1 Å². The van der Waals surface area contributed by atoms with Crippen LogP contribution in [-0.2, 0) is 0 Å². The Kier molecular flexibility index (Phi) is 9.84. The van der Waals surface area contributed by atoms with Crippen LogP contribution >= 0.6 is 0 Å². The molecule has 1 aromatic rings. The average molecular weight is 323 g/mol. The molecule has 0 saturated heterocycles. The number of nitro groups is 1. The Labute approximate surface area is 138 Å². The van der Waals surface area contributed by atoms with Crippen LogP contribution in [0, 0.1) is 10.1 Å². The predicted molar refractivity (Wildman–Crippen MR) is 92.1 cm³/mol. The zero-order valence-electron chi connectivity index (χ0n) is 14.1. The monoisotopic (exact) mass is 323 g/mol. The maximum absolute atomic E-state index is 10.6. The molecule has 5 nitrogen and oxygen atoms in total. The van der Waals surface area contributed by atoms with Crippen LogP contribution in [0.1, 0.15) is 71.1 Å². The summed E-state index contributed by atoms with van der Waals surface area (Å²) in [6.45, 7) is 2.81. The van der Waals surface area contributed by atoms with Gasteiger partial charge in [0.25, 0.3) is 0 Å². The van der Waals surface area contributed by atoms with E-state index in [0.29, 0.717) is 12.4 Å². The van der Waals surface area contributed by atoms with Gasteiger partial charge < -0.3 is 9.84 Å². The second-order valence-corrected chi connectivity index (χ2v) is 5.94. The molecule has 0 atom stereocenters. The summed E-state index contributed by atoms with van der Waals surface area (Å²) in [5, 5.41) is 20.1. The molecule has 1 N–H and O–H groups in total. The van der Waals surface area contributed by atoms with Crippen LogP contribution in [0.15, 0.2) is 18.2 Å². The largest absolute Gasteiger partial charge is 0.502 e. The number of nitro benzene ring substituents is 1. The second-order valence-electron chi connectivity index (χ2n) is 5.94. The standard InChI is InChI=1S/C18H29NO4/c1-2-3-4-5-6-7-8-9-10-11-14-23-16-12-13-17(19(21)22)18(20)15-16/h12-13,15,20H,2-11,14H2,1H3. The number of benzene rings is 1. The highest BCUT2D eigenvalue weighted by Gasteiger charge is 2.13. The molecule has 1 aromatic carbocycles. The molecule has 0 fully saturated rings. The number of nitrogens with zero attached hydrogens (tertiary/aromatic N) is 1. The van der Waals surface area contributed by atoms with E-state index in [0.717, 1.165) is 12.8 Å². The van der Waals surface area contributed by atoms with E-state index in [-0.39, 0.29) is 11.4 Å². The number of ether oxygens (including phenoxy) is 1. The Hall–Kier alpha value is -1.78. The highest BCUT2D eigenvalue weighted by molar-refractivity contribution is 5.49. The predicted octanol–water partition coefficient (Wildman–Crippen LogP) is 5.60. The molecule has 0 radical (unpaired) electrons. The van der Waals surface area contributed by atoms with Crippen molar-refractivity contribution in [2.75, 3.05) is 6.61 Å². The maximum Gasteiger partial charge on any atom is 0.310 e. The molecule has 23 heavy (non-hydrogen) atoms. The fraction of sp³-hybridized carbons (Fsp3) is 0.667. The zero-order chi connectivity index (χ0) is 16.9. The van der Waals surface area contributed by atoms with Crippen LogP contribution in [0.4, 0.5) is 5.69 Å². The summed E-state index contributed by atoms with van der Waals surface area (Å²) in [5.74, 6) is 0.125. The number of phenolic OH excluding ortho intramolecular Hbond substituents is 1. The quantitative estimate of drug-likeness (QED) is 0.291. The minimum absolute atomic E-state index is 0.295. The summed E-state index contributed by atoms with van der Waals surface area (Å²) >= 11 is 0. The first-order valence-corrected chi connectivity index (χ1v) is 8.75. The first-order valence-electron chi connectivity index (χ1n) is 8.75. The van der Waals surface area contributed by atoms with Gasteiger partial charge in [-0.1, -0.05) is 64.7 Å². The number of unbranched alkanes of at least 4 members (excludes halogenated alkanes) is 9. The Morgan fingerprint density at radius 1 is 1.00 bits per heavy atom. The van der Waals surface area contributed by atoms with E-state index in [2.05, 4.69) is 6.92 Å². The molecule has 1 rings (SSSR count). The van der Waals surface area contributed by atoms with Gasteiger partial charge in [0.15, 0.2) is 5.75 Å². The summed E-state index contributed by atoms with van der Waals surface area (Å²) in [4.78, 5) is 9.99. The number of hydrogen-bond acceptors (Lipinski definition) is 4. The first-order chi connectivity index (χ1) is 11.1. The zero-order valence-corrected chi connectivity index (χ0v) is 14.1. The average Bonchev–Trinajstić information content (AvgIpc) is 2.52. The topological polar surface area (TPSA) is 72.6 Å². The Bertz CT molecular complexity index is 462. The van der Waals surface area contributed by atoms with Crippen molar-refractivity contribution in [1.29, 1.82) is 0 Å². The number of phenols is 1. The molecule has 0 saturated carbocycles. The minimum atomic E-state index is -0.610. The van der Waals surface area contributed by atoms with Crippen molar-refractivity contribution in [1.82, 2.24) is 0 Å². The van der Waals surface area contributed by atoms with E-state index in [9.17, 15) is 15.2 Å². The van der Waals surface area contributed by atoms with Crippen molar-refractivity contribution in [2.24, 2.45) is 0 Å². The van der Waals surface area contributed by atoms with Crippen LogP contribution in [0.25, 0.3) is 0 Å². The highest BCUT2D eigenvalue weighted by atomic mass is 16.6. The smallest absolute Gasteiger partial charge is 0.310 e. The van der Waals surface area contributed by atoms with Crippen molar-refractivity contribution in [2.45, 2.75) is 71.1 Å². The summed E-state index contributed by atoms with van der Waals surface area (Å²) in [7, 11) is 0. The summed E-state index contributed by atoms with van der Waals surface area (Å²) in [5.41, 5.74) is -0.295. The van der Waals surface area contributed by atoms with Crippen LogP contribution in [0.2, 0.25) is 0 Å². The van der Waals surface area contributed by atoms with Gasteiger partial charge >= 0.3 is 5.69 Å². The van der Waals surface area contributed by atoms with E-state index in [1.807, 2.05) is 0 Å². The third kappa shape index (κ3) is 8.43. The highest BCUT2D eigenvalue weighted by Crippen LogP contribution is 2.29. The van der Waals surface area contributed by atoms with Gasteiger partial charge in [0.1, 0.15) is 5.75 Å². The van der Waals surface area contributed by atoms with Gasteiger partial charge in [-0.25, -0.2) is 0 Å². The lowest BCUT2D eigenvalue weighted by atomic mass is 10.1. The normalized spacial score (nSPS) is 10.7. The number of aromatic hydroxyl groups is 1. The third-order valence-corrected chi connectivity index (χ3v) is 3.91. The first kappa shape index (κ1) is 19.3. The molecule has 0 aliphatic heterocycles. The fourth-order valence-corrected chi connectivity index (χ4v) is 2.53. The SMILES string of the molecule is CCCCCCCCCCCCOc1ccc([N+](=O)[O-])c(O)c1. The molecular formula is C18H29NO4. The molecule has 130 valence electrons. The summed E-state index contributed by atoms with van der Waals surface area (Å²) < 4.78 is 5.51. The third-order valence-electron chi connectivity index (χ3n) is 3.91. The molecule has 0 aliphatic rings. The van der Waals surface area contributed by atoms with Gasteiger partial charge in [-0.05, 0) is 12.5 Å². The Morgan fingerprint density at radius 2 is 1.57 bits per heavy atom. The van der Waals surface area contributed by atoms with Gasteiger partial charge in [-0.15, -0.1) is 0 Å². The van der Waals surface area contributed by atoms with Crippen molar-refractivity contribution < 1.29 is 14.8 Å². The van der Waals surface area contributed by atoms with E-state index < -0.39 is 4.92 Å². The van der Waals surface area contributed by atoms with E-state index in [1.165, 1.54) is 69.6 Å². The Balaban J connectivity index is 2.03. The van der Waals surface area contributed by atoms with Crippen molar-refractivity contribution >= 4 is 5.69 Å². The molecule has 0 spiro atoms. The number of rotatable bonds is 13. The van der Waals surface area contributed by atoms with Gasteiger partial charge in [0.2, 0.25) is 0 Å². The molecule has 0 aromatic heterocycles. The van der Waals surface area contributed by atoms with Gasteiger partial charge in [0, 0.05) is 12.1 Å². The molecule has 0 bridgehead atoms. The van der Waals surface area contributed by atoms with E-state index in [1.54, 1.807) is 0 Å². The van der Waals surface area contributed by atoms with Gasteiger partial charge in [0.05, 0.1) is 11.5 Å². The lowest BCUT2D eigenvalue weighted by Gasteiger charge is -2.06. The van der Waals surface area contributed by atoms with Crippen LogP contribution in [-0.4, -0.2) is 16.6 Å². The fourth-order valence-electron chi connectivity index (χ4n) is 2.53. The summed E-state index contributed by atoms with van der Waals surface area (Å²) in [6.07, 6.45) is 12.7. The lowest BCUT2D eigenvalue weighted by Crippen LogP contribution is -1.98. The van der Waals surface area contributed by atoms with Crippen LogP contribution in [0.3, 0.4) is 0 Å². The minimum Gasteiger partial charge on any atom is -0.502 e. The van der Waals surface area contributed by atoms with Crippen molar-refractivity contribution in [3.63, 3.8) is 0 Å². The van der Waals surface area contributed by atoms with E-state index in [4.69, 9.17) is 4.74 Å². The maximum atomic E-state index is 10.6. The van der Waals surface area contributed by atoms with Crippen molar-refractivity contribution in [3.05, 3.63) is 28.3 Å². The molecule has 0 aliphatic carbocycles. The summed E-state index contributed by atoms with van der Waals surface area (Å²) in [6, 6.07) is 4.09.